The third-order valence-corrected chi connectivity index (χ3v) is 2.70. The second-order valence-electron chi connectivity index (χ2n) is 2.51. The molecule has 12 heavy (non-hydrogen) atoms. The molecule has 1 unspecified atom stereocenters. The molecular formula is C9H9O2Sn. The Bertz CT molecular complexity index is 258. The zero-order chi connectivity index (χ0) is 8.97. The van der Waals surface area contributed by atoms with Gasteiger partial charge >= 0.3 is 84.6 Å². The summed E-state index contributed by atoms with van der Waals surface area (Å²) in [7, 11) is 0. The van der Waals surface area contributed by atoms with Gasteiger partial charge in [0.2, 0.25) is 0 Å². The first-order valence-corrected chi connectivity index (χ1v) is 5.09. The molecule has 0 spiro atoms. The van der Waals surface area contributed by atoms with E-state index < -0.39 is 0 Å². The third-order valence-electron chi connectivity index (χ3n) is 1.70. The van der Waals surface area contributed by atoms with Crippen molar-refractivity contribution in [2.45, 2.75) is 5.92 Å². The van der Waals surface area contributed by atoms with E-state index in [4.69, 9.17) is 5.11 Å². The molecule has 2 nitrogen and oxygen atoms in total. The van der Waals surface area contributed by atoms with Gasteiger partial charge in [-0.1, -0.05) is 0 Å². The Morgan fingerprint density at radius 3 is 2.42 bits per heavy atom. The van der Waals surface area contributed by atoms with E-state index in [1.807, 2.05) is 30.3 Å². The van der Waals surface area contributed by atoms with Crippen LogP contribution in [0.4, 0.5) is 0 Å². The molecule has 3 radical (unpaired) electrons. The number of hydrogen-bond acceptors (Lipinski definition) is 2. The van der Waals surface area contributed by atoms with Gasteiger partial charge in [0.05, 0.1) is 0 Å². The van der Waals surface area contributed by atoms with E-state index in [9.17, 15) is 4.79 Å². The van der Waals surface area contributed by atoms with Crippen molar-refractivity contribution in [1.82, 2.24) is 0 Å². The van der Waals surface area contributed by atoms with Crippen LogP contribution in [0.25, 0.3) is 0 Å². The molecule has 61 valence electrons. The summed E-state index contributed by atoms with van der Waals surface area (Å²) in [5.74, 6) is -0.315. The molecule has 0 amide bonds. The van der Waals surface area contributed by atoms with Gasteiger partial charge in [-0.05, 0) is 0 Å². The number of aliphatic hydroxyl groups excluding tert-OH is 1. The minimum absolute atomic E-state index is 0.0893. The third kappa shape index (κ3) is 2.32. The number of aliphatic hydroxyl groups is 1. The zero-order valence-corrected chi connectivity index (χ0v) is 9.38. The zero-order valence-electron chi connectivity index (χ0n) is 6.53. The van der Waals surface area contributed by atoms with Crippen molar-refractivity contribution in [3.05, 3.63) is 35.9 Å². The van der Waals surface area contributed by atoms with Gasteiger partial charge in [-0.15, -0.1) is 0 Å². The van der Waals surface area contributed by atoms with Crippen molar-refractivity contribution in [3.8, 4) is 0 Å². The van der Waals surface area contributed by atoms with Crippen LogP contribution in [0.1, 0.15) is 11.5 Å². The minimum atomic E-state index is -0.315. The van der Waals surface area contributed by atoms with E-state index in [2.05, 4.69) is 0 Å². The van der Waals surface area contributed by atoms with Gasteiger partial charge in [0.25, 0.3) is 0 Å². The monoisotopic (exact) mass is 269 g/mol. The van der Waals surface area contributed by atoms with Crippen LogP contribution in [0.3, 0.4) is 0 Å². The van der Waals surface area contributed by atoms with Crippen LogP contribution in [0, 0.1) is 0 Å². The Balaban J connectivity index is 2.88. The van der Waals surface area contributed by atoms with Crippen molar-refractivity contribution in [2.24, 2.45) is 0 Å². The fourth-order valence-corrected chi connectivity index (χ4v) is 1.76. The van der Waals surface area contributed by atoms with E-state index in [1.165, 1.54) is 0 Å². The van der Waals surface area contributed by atoms with Crippen LogP contribution in [-0.2, 0) is 4.79 Å². The van der Waals surface area contributed by atoms with Crippen molar-refractivity contribution in [2.75, 3.05) is 6.61 Å². The van der Waals surface area contributed by atoms with Gasteiger partial charge in [0.15, 0.2) is 0 Å². The molecule has 0 bridgehead atoms. The second-order valence-corrected chi connectivity index (χ2v) is 3.92. The molecular weight excluding hydrogens is 259 g/mol. The summed E-state index contributed by atoms with van der Waals surface area (Å²) in [4.78, 5) is 11.1. The molecule has 0 heterocycles. The molecule has 0 saturated carbocycles. The van der Waals surface area contributed by atoms with Crippen LogP contribution in [0.5, 0.6) is 0 Å². The first-order chi connectivity index (χ1) is 5.75. The van der Waals surface area contributed by atoms with Gasteiger partial charge in [-0.3, -0.25) is 0 Å². The fourth-order valence-electron chi connectivity index (χ4n) is 1.03. The molecule has 0 fully saturated rings. The molecule has 1 aromatic carbocycles. The van der Waals surface area contributed by atoms with Crippen molar-refractivity contribution >= 4 is 26.3 Å². The molecule has 0 saturated heterocycles. The fraction of sp³-hybridized carbons (Fsp3) is 0.222. The van der Waals surface area contributed by atoms with E-state index >= 15 is 0 Å². The number of rotatable bonds is 3. The molecule has 0 aliphatic rings. The van der Waals surface area contributed by atoms with Crippen molar-refractivity contribution in [3.63, 3.8) is 0 Å². The SMILES string of the molecule is O=[C]([Sn])C(CO)c1ccccc1. The summed E-state index contributed by atoms with van der Waals surface area (Å²) in [5.41, 5.74) is 0.904. The number of carbonyl (C=O) groups is 1. The number of carbonyl (C=O) groups excluding carboxylic acids is 1. The summed E-state index contributed by atoms with van der Waals surface area (Å²) in [6.45, 7) is -0.0893. The molecule has 1 N–H and O–H groups in total. The maximum atomic E-state index is 11.1. The Labute approximate surface area is 84.7 Å². The van der Waals surface area contributed by atoms with Gasteiger partial charge in [0.1, 0.15) is 0 Å². The van der Waals surface area contributed by atoms with Gasteiger partial charge in [-0.2, -0.15) is 0 Å². The Hall–Kier alpha value is -0.351. The van der Waals surface area contributed by atoms with E-state index in [0.29, 0.717) is 0 Å². The van der Waals surface area contributed by atoms with E-state index in [0.717, 1.165) is 28.1 Å². The predicted molar refractivity (Wildman–Crippen MR) is 47.0 cm³/mol. The Morgan fingerprint density at radius 2 is 2.00 bits per heavy atom. The number of benzene rings is 1. The first kappa shape index (κ1) is 9.73. The molecule has 0 aromatic heterocycles. The topological polar surface area (TPSA) is 37.3 Å². The molecule has 0 aliphatic heterocycles. The number of hydrogen-bond donors (Lipinski definition) is 1. The first-order valence-electron chi connectivity index (χ1n) is 3.67. The average molecular weight is 268 g/mol. The van der Waals surface area contributed by atoms with Gasteiger partial charge < -0.3 is 0 Å². The Morgan fingerprint density at radius 1 is 1.42 bits per heavy atom. The van der Waals surface area contributed by atoms with Crippen LogP contribution in [0.15, 0.2) is 30.3 Å². The van der Waals surface area contributed by atoms with E-state index in [-0.39, 0.29) is 16.3 Å². The van der Waals surface area contributed by atoms with Gasteiger partial charge in [-0.25, -0.2) is 0 Å². The summed E-state index contributed by atoms with van der Waals surface area (Å²) in [6.07, 6.45) is 0. The molecule has 3 heteroatoms. The van der Waals surface area contributed by atoms with Crippen LogP contribution < -0.4 is 0 Å². The summed E-state index contributed by atoms with van der Waals surface area (Å²) >= 11 is 0.848. The summed E-state index contributed by atoms with van der Waals surface area (Å²) in [6, 6.07) is 9.37. The molecule has 1 aromatic rings. The van der Waals surface area contributed by atoms with Crippen molar-refractivity contribution < 1.29 is 9.90 Å². The van der Waals surface area contributed by atoms with Crippen LogP contribution >= 0.6 is 0 Å². The maximum absolute atomic E-state index is 11.1. The van der Waals surface area contributed by atoms with Gasteiger partial charge in [0, 0.05) is 0 Å². The van der Waals surface area contributed by atoms with Crippen molar-refractivity contribution in [1.29, 1.82) is 0 Å². The quantitative estimate of drug-likeness (QED) is 0.808. The Kier molecular flexibility index (Phi) is 3.75. The van der Waals surface area contributed by atoms with Crippen LogP contribution in [-0.4, -0.2) is 38.0 Å². The van der Waals surface area contributed by atoms with E-state index in [1.54, 1.807) is 0 Å². The average Bonchev–Trinajstić information content (AvgIpc) is 2.07. The second kappa shape index (κ2) is 4.62. The summed E-state index contributed by atoms with van der Waals surface area (Å²) in [5, 5.41) is 8.94. The summed E-state index contributed by atoms with van der Waals surface area (Å²) < 4.78 is 0.0934. The molecule has 0 aliphatic carbocycles. The molecule has 1 rings (SSSR count). The predicted octanol–water partition coefficient (Wildman–Crippen LogP) is 0.458. The van der Waals surface area contributed by atoms with Crippen LogP contribution in [0.2, 0.25) is 0 Å². The standard InChI is InChI=1S/C9H9O2.Sn/c10-6-9(7-11)8-4-2-1-3-5-8;/h1-5,9-10H,6H2;. The normalized spacial score (nSPS) is 12.5. The molecule has 1 atom stereocenters.